The number of carbonyl (C=O) groups is 1. The van der Waals surface area contributed by atoms with Gasteiger partial charge < -0.3 is 15.2 Å². The highest BCUT2D eigenvalue weighted by atomic mass is 32.2. The summed E-state index contributed by atoms with van der Waals surface area (Å²) < 4.78 is 33.1. The van der Waals surface area contributed by atoms with Gasteiger partial charge >= 0.3 is 6.09 Å². The Morgan fingerprint density at radius 2 is 1.80 bits per heavy atom. The summed E-state index contributed by atoms with van der Waals surface area (Å²) in [6.07, 6.45) is -0.488. The standard InChI is InChI=1S/C21H23N3O5S/c22-14-17-8-4-5-9-20(17)29-18-10-12-24(13-11-18)30(27,28)15-19(23-21(25)26)16-6-2-1-3-7-16/h1-9,18-19,23H,10-13,15H2,(H,25,26). The number of hydrogen-bond acceptors (Lipinski definition) is 5. The Labute approximate surface area is 175 Å². The number of hydrogen-bond donors (Lipinski definition) is 2. The molecule has 3 rings (SSSR count). The third kappa shape index (κ3) is 5.49. The highest BCUT2D eigenvalue weighted by Crippen LogP contribution is 2.25. The summed E-state index contributed by atoms with van der Waals surface area (Å²) in [4.78, 5) is 11.2. The molecular weight excluding hydrogens is 406 g/mol. The van der Waals surface area contributed by atoms with E-state index in [0.717, 1.165) is 0 Å². The van der Waals surface area contributed by atoms with E-state index in [9.17, 15) is 18.5 Å². The van der Waals surface area contributed by atoms with Crippen LogP contribution < -0.4 is 10.1 Å². The molecular formula is C21H23N3O5S. The van der Waals surface area contributed by atoms with Crippen LogP contribution in [0, 0.1) is 11.3 Å². The summed E-state index contributed by atoms with van der Waals surface area (Å²) >= 11 is 0. The van der Waals surface area contributed by atoms with Crippen molar-refractivity contribution in [2.24, 2.45) is 0 Å². The van der Waals surface area contributed by atoms with Crippen molar-refractivity contribution < 1.29 is 23.1 Å². The molecule has 0 aromatic heterocycles. The predicted molar refractivity (Wildman–Crippen MR) is 111 cm³/mol. The molecule has 0 radical (unpaired) electrons. The number of nitrogens with one attached hydrogen (secondary N) is 1. The van der Waals surface area contributed by atoms with Gasteiger partial charge in [-0.15, -0.1) is 0 Å². The SMILES string of the molecule is N#Cc1ccccc1OC1CCN(S(=O)(=O)CC(NC(=O)O)c2ccccc2)CC1. The fourth-order valence-corrected chi connectivity index (χ4v) is 5.12. The van der Waals surface area contributed by atoms with Crippen LogP contribution in [0.15, 0.2) is 54.6 Å². The third-order valence-corrected chi connectivity index (χ3v) is 6.88. The molecule has 2 aromatic rings. The van der Waals surface area contributed by atoms with Gasteiger partial charge in [0.05, 0.1) is 17.4 Å². The Balaban J connectivity index is 1.63. The van der Waals surface area contributed by atoms with E-state index < -0.39 is 22.2 Å². The first-order valence-electron chi connectivity index (χ1n) is 9.57. The van der Waals surface area contributed by atoms with Crippen LogP contribution in [0.5, 0.6) is 5.75 Å². The lowest BCUT2D eigenvalue weighted by Gasteiger charge is -2.32. The molecule has 1 amide bonds. The van der Waals surface area contributed by atoms with Gasteiger partial charge in [-0.2, -0.15) is 5.26 Å². The first-order valence-corrected chi connectivity index (χ1v) is 11.2. The van der Waals surface area contributed by atoms with Crippen molar-refractivity contribution in [3.05, 3.63) is 65.7 Å². The molecule has 0 spiro atoms. The molecule has 0 bridgehead atoms. The molecule has 158 valence electrons. The highest BCUT2D eigenvalue weighted by molar-refractivity contribution is 7.89. The van der Waals surface area contributed by atoms with Crippen LogP contribution in [0.3, 0.4) is 0 Å². The molecule has 0 saturated carbocycles. The fourth-order valence-electron chi connectivity index (χ4n) is 3.44. The molecule has 1 aliphatic rings. The molecule has 1 heterocycles. The minimum atomic E-state index is -3.69. The minimum Gasteiger partial charge on any atom is -0.489 e. The van der Waals surface area contributed by atoms with E-state index in [0.29, 0.717) is 29.7 Å². The Kier molecular flexibility index (Phi) is 6.92. The third-order valence-electron chi connectivity index (χ3n) is 4.97. The van der Waals surface area contributed by atoms with Gasteiger partial charge in [-0.3, -0.25) is 0 Å². The summed E-state index contributed by atoms with van der Waals surface area (Å²) in [5.41, 5.74) is 1.04. The summed E-state index contributed by atoms with van der Waals surface area (Å²) in [7, 11) is -3.69. The second-order valence-electron chi connectivity index (χ2n) is 7.02. The van der Waals surface area contributed by atoms with Gasteiger partial charge in [0.15, 0.2) is 0 Å². The van der Waals surface area contributed by atoms with Crippen molar-refractivity contribution in [1.82, 2.24) is 9.62 Å². The average molecular weight is 429 g/mol. The lowest BCUT2D eigenvalue weighted by atomic mass is 10.1. The maximum Gasteiger partial charge on any atom is 0.405 e. The van der Waals surface area contributed by atoms with Crippen LogP contribution in [0.1, 0.15) is 30.0 Å². The van der Waals surface area contributed by atoms with Crippen LogP contribution in [0.2, 0.25) is 0 Å². The number of carboxylic acid groups (broad SMARTS) is 1. The number of nitriles is 1. The Bertz CT molecular complexity index is 1010. The van der Waals surface area contributed by atoms with Crippen molar-refractivity contribution >= 4 is 16.1 Å². The number of nitrogens with zero attached hydrogens (tertiary/aromatic N) is 2. The first-order chi connectivity index (χ1) is 14.4. The van der Waals surface area contributed by atoms with Gasteiger partial charge in [-0.1, -0.05) is 42.5 Å². The minimum absolute atomic E-state index is 0.187. The molecule has 1 fully saturated rings. The van der Waals surface area contributed by atoms with Gasteiger partial charge in [0.1, 0.15) is 17.9 Å². The molecule has 0 aliphatic carbocycles. The van der Waals surface area contributed by atoms with E-state index >= 15 is 0 Å². The van der Waals surface area contributed by atoms with E-state index in [-0.39, 0.29) is 24.9 Å². The monoisotopic (exact) mass is 429 g/mol. The van der Waals surface area contributed by atoms with Gasteiger partial charge in [-0.25, -0.2) is 17.5 Å². The number of sulfonamides is 1. The summed E-state index contributed by atoms with van der Waals surface area (Å²) in [6, 6.07) is 16.8. The Morgan fingerprint density at radius 3 is 2.43 bits per heavy atom. The molecule has 9 heteroatoms. The number of para-hydroxylation sites is 1. The second-order valence-corrected chi connectivity index (χ2v) is 9.03. The van der Waals surface area contributed by atoms with Crippen LogP contribution >= 0.6 is 0 Å². The van der Waals surface area contributed by atoms with Crippen LogP contribution in [-0.2, 0) is 10.0 Å². The Morgan fingerprint density at radius 1 is 1.17 bits per heavy atom. The molecule has 8 nitrogen and oxygen atoms in total. The van der Waals surface area contributed by atoms with E-state index in [2.05, 4.69) is 11.4 Å². The zero-order chi connectivity index (χ0) is 21.6. The van der Waals surface area contributed by atoms with Gasteiger partial charge in [-0.05, 0) is 30.5 Å². The van der Waals surface area contributed by atoms with Crippen LogP contribution in [0.4, 0.5) is 4.79 Å². The van der Waals surface area contributed by atoms with E-state index in [4.69, 9.17) is 9.84 Å². The number of ether oxygens (including phenoxy) is 1. The fraction of sp³-hybridized carbons (Fsp3) is 0.333. The molecule has 1 unspecified atom stereocenters. The summed E-state index contributed by atoms with van der Waals surface area (Å²) in [5.74, 6) is 0.141. The number of benzene rings is 2. The number of rotatable bonds is 7. The van der Waals surface area contributed by atoms with Crippen molar-refractivity contribution in [3.8, 4) is 11.8 Å². The lowest BCUT2D eigenvalue weighted by Crippen LogP contribution is -2.45. The van der Waals surface area contributed by atoms with Gasteiger partial charge in [0.25, 0.3) is 0 Å². The maximum atomic E-state index is 12.9. The summed E-state index contributed by atoms with van der Waals surface area (Å²) in [5, 5.41) is 20.6. The molecule has 1 saturated heterocycles. The normalized spacial score (nSPS) is 16.4. The smallest absolute Gasteiger partial charge is 0.405 e. The molecule has 30 heavy (non-hydrogen) atoms. The van der Waals surface area contributed by atoms with Gasteiger partial charge in [0.2, 0.25) is 10.0 Å². The van der Waals surface area contributed by atoms with Crippen LogP contribution in [0.25, 0.3) is 0 Å². The van der Waals surface area contributed by atoms with Crippen molar-refractivity contribution in [2.45, 2.75) is 25.0 Å². The molecule has 1 aliphatic heterocycles. The lowest BCUT2D eigenvalue weighted by molar-refractivity contribution is 0.134. The summed E-state index contributed by atoms with van der Waals surface area (Å²) in [6.45, 7) is 0.548. The van der Waals surface area contributed by atoms with E-state index in [1.54, 1.807) is 54.6 Å². The van der Waals surface area contributed by atoms with Crippen LogP contribution in [-0.4, -0.2) is 48.9 Å². The average Bonchev–Trinajstić information content (AvgIpc) is 2.74. The number of amides is 1. The van der Waals surface area contributed by atoms with Crippen molar-refractivity contribution in [3.63, 3.8) is 0 Å². The van der Waals surface area contributed by atoms with E-state index in [1.165, 1.54) is 4.31 Å². The zero-order valence-electron chi connectivity index (χ0n) is 16.3. The van der Waals surface area contributed by atoms with Gasteiger partial charge in [0, 0.05) is 13.1 Å². The predicted octanol–water partition coefficient (Wildman–Crippen LogP) is 2.74. The zero-order valence-corrected chi connectivity index (χ0v) is 17.1. The molecule has 2 N–H and O–H groups in total. The maximum absolute atomic E-state index is 12.9. The van der Waals surface area contributed by atoms with Crippen molar-refractivity contribution in [1.29, 1.82) is 5.26 Å². The van der Waals surface area contributed by atoms with E-state index in [1.807, 2.05) is 0 Å². The first kappa shape index (κ1) is 21.6. The molecule has 2 aromatic carbocycles. The molecule has 1 atom stereocenters. The topological polar surface area (TPSA) is 120 Å². The Hall–Kier alpha value is -3.09. The number of piperidine rings is 1. The quantitative estimate of drug-likeness (QED) is 0.698. The highest BCUT2D eigenvalue weighted by Gasteiger charge is 2.32. The second kappa shape index (κ2) is 9.61. The van der Waals surface area contributed by atoms with Crippen molar-refractivity contribution in [2.75, 3.05) is 18.8 Å². The largest absolute Gasteiger partial charge is 0.489 e.